The lowest BCUT2D eigenvalue weighted by atomic mass is 10.1. The van der Waals surface area contributed by atoms with E-state index in [1.54, 1.807) is 18.1 Å². The lowest BCUT2D eigenvalue weighted by Crippen LogP contribution is -2.30. The molecule has 1 aliphatic heterocycles. The lowest BCUT2D eigenvalue weighted by Gasteiger charge is -2.19. The van der Waals surface area contributed by atoms with Crippen LogP contribution in [-0.4, -0.2) is 23.3 Å². The number of aryl methyl sites for hydroxylation is 4. The Morgan fingerprint density at radius 3 is 2.34 bits per heavy atom. The molecular weight excluding hydrogens is 422 g/mol. The van der Waals surface area contributed by atoms with Gasteiger partial charge in [0.25, 0.3) is 5.91 Å². The molecule has 0 saturated heterocycles. The van der Waals surface area contributed by atoms with E-state index >= 15 is 0 Å². The maximum absolute atomic E-state index is 13.4. The number of carbonyl (C=O) groups is 1. The average molecular weight is 448 g/mol. The number of nitrogens with zero attached hydrogens (tertiary/aromatic N) is 3. The predicted octanol–water partition coefficient (Wildman–Crippen LogP) is 5.59. The van der Waals surface area contributed by atoms with Crippen molar-refractivity contribution in [2.24, 2.45) is 4.99 Å². The van der Waals surface area contributed by atoms with E-state index in [-0.39, 0.29) is 5.91 Å². The summed E-state index contributed by atoms with van der Waals surface area (Å²) in [5, 5.41) is 4.67. The van der Waals surface area contributed by atoms with Crippen LogP contribution in [0.15, 0.2) is 57.7 Å². The first-order chi connectivity index (χ1) is 15.4. The molecule has 0 aliphatic carbocycles. The Morgan fingerprint density at radius 1 is 1.06 bits per heavy atom. The summed E-state index contributed by atoms with van der Waals surface area (Å²) in [6, 6.07) is 13.6. The van der Waals surface area contributed by atoms with Gasteiger partial charge in [-0.25, -0.2) is 4.99 Å². The zero-order valence-corrected chi connectivity index (χ0v) is 19.6. The van der Waals surface area contributed by atoms with Crippen LogP contribution in [0.1, 0.15) is 33.7 Å². The molecule has 0 unspecified atom stereocenters. The Hall–Kier alpha value is -3.32. The van der Waals surface area contributed by atoms with Gasteiger partial charge in [0, 0.05) is 11.3 Å². The summed E-state index contributed by atoms with van der Waals surface area (Å²) >= 11 is 1.50. The highest BCUT2D eigenvalue weighted by atomic mass is 32.2. The van der Waals surface area contributed by atoms with Crippen molar-refractivity contribution in [3.05, 3.63) is 81.9 Å². The van der Waals surface area contributed by atoms with E-state index in [0.717, 1.165) is 45.1 Å². The maximum atomic E-state index is 13.4. The SMILES string of the molecule is COc1ccc(/C=C2\N=C(SCc3c(C)noc3C)N(c3cc(C)cc(C)c3)C2=O)cc1. The first-order valence-electron chi connectivity index (χ1n) is 10.3. The second-order valence-electron chi connectivity index (χ2n) is 7.77. The highest BCUT2D eigenvalue weighted by molar-refractivity contribution is 8.13. The molecule has 0 radical (unpaired) electrons. The van der Waals surface area contributed by atoms with Crippen molar-refractivity contribution in [2.45, 2.75) is 33.4 Å². The second-order valence-corrected chi connectivity index (χ2v) is 8.72. The van der Waals surface area contributed by atoms with Crippen LogP contribution in [0.5, 0.6) is 5.75 Å². The third-order valence-corrected chi connectivity index (χ3v) is 6.21. The number of amidine groups is 1. The summed E-state index contributed by atoms with van der Waals surface area (Å²) in [6.07, 6.45) is 1.81. The third-order valence-electron chi connectivity index (χ3n) is 5.24. The fourth-order valence-corrected chi connectivity index (χ4v) is 4.77. The number of carbonyl (C=O) groups excluding carboxylic acids is 1. The van der Waals surface area contributed by atoms with Gasteiger partial charge in [-0.05, 0) is 74.7 Å². The molecule has 0 atom stereocenters. The maximum Gasteiger partial charge on any atom is 0.283 e. The molecule has 0 fully saturated rings. The third kappa shape index (κ3) is 4.48. The molecule has 32 heavy (non-hydrogen) atoms. The molecule has 1 aliphatic rings. The van der Waals surface area contributed by atoms with Crippen LogP contribution in [0.25, 0.3) is 6.08 Å². The van der Waals surface area contributed by atoms with Crippen LogP contribution in [0.2, 0.25) is 0 Å². The molecule has 4 rings (SSSR count). The van der Waals surface area contributed by atoms with Crippen molar-refractivity contribution in [1.82, 2.24) is 5.16 Å². The zero-order valence-electron chi connectivity index (χ0n) is 18.8. The Balaban J connectivity index is 1.70. The summed E-state index contributed by atoms with van der Waals surface area (Å²) < 4.78 is 10.5. The van der Waals surface area contributed by atoms with Crippen molar-refractivity contribution in [1.29, 1.82) is 0 Å². The smallest absolute Gasteiger partial charge is 0.283 e. The number of ether oxygens (including phenoxy) is 1. The number of rotatable bonds is 5. The normalized spacial score (nSPS) is 14.9. The lowest BCUT2D eigenvalue weighted by molar-refractivity contribution is -0.113. The molecule has 0 N–H and O–H groups in total. The standard InChI is InChI=1S/C25H25N3O3S/c1-15-10-16(2)12-20(11-15)28-24(29)23(13-19-6-8-21(30-5)9-7-19)26-25(28)32-14-22-17(3)27-31-18(22)4/h6-13H,14H2,1-5H3/b23-13-. The molecule has 0 spiro atoms. The molecule has 164 valence electrons. The average Bonchev–Trinajstić information content (AvgIpc) is 3.24. The van der Waals surface area contributed by atoms with Crippen molar-refractivity contribution in [2.75, 3.05) is 12.0 Å². The topological polar surface area (TPSA) is 67.9 Å². The number of hydrogen-bond acceptors (Lipinski definition) is 6. The number of amides is 1. The Bertz CT molecular complexity index is 1190. The first-order valence-corrected chi connectivity index (χ1v) is 11.3. The molecule has 1 amide bonds. The fourth-order valence-electron chi connectivity index (χ4n) is 3.60. The van der Waals surface area contributed by atoms with Gasteiger partial charge in [-0.1, -0.05) is 35.1 Å². The minimum Gasteiger partial charge on any atom is -0.497 e. The van der Waals surface area contributed by atoms with Gasteiger partial charge in [0.1, 0.15) is 17.2 Å². The molecular formula is C25H25N3O3S. The molecule has 3 aromatic rings. The van der Waals surface area contributed by atoms with Gasteiger partial charge in [-0.3, -0.25) is 9.69 Å². The Labute approximate surface area is 192 Å². The van der Waals surface area contributed by atoms with E-state index in [0.29, 0.717) is 16.6 Å². The van der Waals surface area contributed by atoms with E-state index in [2.05, 4.69) is 11.2 Å². The van der Waals surface area contributed by atoms with Crippen LogP contribution in [0.3, 0.4) is 0 Å². The van der Waals surface area contributed by atoms with Gasteiger partial charge in [-0.15, -0.1) is 0 Å². The van der Waals surface area contributed by atoms with Crippen molar-refractivity contribution in [3.8, 4) is 5.75 Å². The molecule has 0 bridgehead atoms. The predicted molar refractivity (Wildman–Crippen MR) is 129 cm³/mol. The number of anilines is 1. The molecule has 7 heteroatoms. The molecule has 2 aromatic carbocycles. The number of hydrogen-bond donors (Lipinski definition) is 0. The number of aliphatic imine (C=N–C) groups is 1. The van der Waals surface area contributed by atoms with Crippen LogP contribution in [0.4, 0.5) is 5.69 Å². The summed E-state index contributed by atoms with van der Waals surface area (Å²) in [6.45, 7) is 7.87. The minimum atomic E-state index is -0.146. The number of thioether (sulfide) groups is 1. The van der Waals surface area contributed by atoms with Gasteiger partial charge >= 0.3 is 0 Å². The van der Waals surface area contributed by atoms with E-state index in [9.17, 15) is 4.79 Å². The quantitative estimate of drug-likeness (QED) is 0.477. The number of aromatic nitrogens is 1. The molecule has 1 aromatic heterocycles. The van der Waals surface area contributed by atoms with Gasteiger partial charge in [0.05, 0.1) is 18.5 Å². The van der Waals surface area contributed by atoms with Crippen LogP contribution >= 0.6 is 11.8 Å². The monoisotopic (exact) mass is 447 g/mol. The molecule has 0 saturated carbocycles. The Kier molecular flexibility index (Phi) is 6.19. The van der Waals surface area contributed by atoms with Crippen molar-refractivity contribution < 1.29 is 14.1 Å². The van der Waals surface area contributed by atoms with Gasteiger partial charge in [0.15, 0.2) is 5.17 Å². The fraction of sp³-hybridized carbons (Fsp3) is 0.240. The summed E-state index contributed by atoms with van der Waals surface area (Å²) in [5.74, 6) is 2.02. The summed E-state index contributed by atoms with van der Waals surface area (Å²) in [7, 11) is 1.63. The van der Waals surface area contributed by atoms with Crippen molar-refractivity contribution in [3.63, 3.8) is 0 Å². The largest absolute Gasteiger partial charge is 0.497 e. The van der Waals surface area contributed by atoms with Crippen LogP contribution in [0, 0.1) is 27.7 Å². The van der Waals surface area contributed by atoms with E-state index in [1.807, 2.05) is 64.1 Å². The Morgan fingerprint density at radius 2 is 1.75 bits per heavy atom. The zero-order chi connectivity index (χ0) is 22.8. The highest BCUT2D eigenvalue weighted by Crippen LogP contribution is 2.33. The van der Waals surface area contributed by atoms with E-state index in [4.69, 9.17) is 14.3 Å². The van der Waals surface area contributed by atoms with Gasteiger partial charge in [0.2, 0.25) is 0 Å². The first kappa shape index (κ1) is 21.9. The number of benzene rings is 2. The summed E-state index contributed by atoms with van der Waals surface area (Å²) in [4.78, 5) is 19.8. The van der Waals surface area contributed by atoms with E-state index < -0.39 is 0 Å². The minimum absolute atomic E-state index is 0.146. The van der Waals surface area contributed by atoms with Crippen LogP contribution in [-0.2, 0) is 10.5 Å². The molecule has 6 nitrogen and oxygen atoms in total. The molecule has 2 heterocycles. The highest BCUT2D eigenvalue weighted by Gasteiger charge is 2.32. The van der Waals surface area contributed by atoms with Gasteiger partial charge < -0.3 is 9.26 Å². The van der Waals surface area contributed by atoms with Crippen molar-refractivity contribution >= 4 is 34.6 Å². The van der Waals surface area contributed by atoms with Gasteiger partial charge in [-0.2, -0.15) is 0 Å². The van der Waals surface area contributed by atoms with Crippen LogP contribution < -0.4 is 9.64 Å². The van der Waals surface area contributed by atoms with E-state index in [1.165, 1.54) is 11.8 Å². The number of methoxy groups -OCH3 is 1. The summed E-state index contributed by atoms with van der Waals surface area (Å²) in [5.41, 5.74) is 6.16. The second kappa shape index (κ2) is 9.04.